The topological polar surface area (TPSA) is 68.0 Å². The minimum atomic E-state index is -0.466. The summed E-state index contributed by atoms with van der Waals surface area (Å²) in [5.74, 6) is 0.255. The molecule has 0 radical (unpaired) electrons. The van der Waals surface area contributed by atoms with Crippen molar-refractivity contribution in [3.63, 3.8) is 0 Å². The van der Waals surface area contributed by atoms with Crippen molar-refractivity contribution in [2.45, 2.75) is 52.5 Å². The van der Waals surface area contributed by atoms with E-state index in [-0.39, 0.29) is 11.3 Å². The Hall–Kier alpha value is -0.940. The Kier molecular flexibility index (Phi) is 4.87. The Morgan fingerprint density at radius 3 is 2.56 bits per heavy atom. The highest BCUT2D eigenvalue weighted by Crippen LogP contribution is 2.26. The largest absolute Gasteiger partial charge is 0.320 e. The molecule has 1 amide bonds. The summed E-state index contributed by atoms with van der Waals surface area (Å²) in [5.41, 5.74) is 6.81. The zero-order chi connectivity index (χ0) is 13.9. The summed E-state index contributed by atoms with van der Waals surface area (Å²) in [6.07, 6.45) is 0.684. The van der Waals surface area contributed by atoms with Crippen molar-refractivity contribution in [2.75, 3.05) is 5.32 Å². The van der Waals surface area contributed by atoms with Gasteiger partial charge in [-0.3, -0.25) is 4.79 Å². The van der Waals surface area contributed by atoms with Crippen LogP contribution in [0.4, 0.5) is 5.13 Å². The standard InChI is InChI=1S/C13H23N3OS/c1-8(2)6-9(14)11(17)16-12-15-10(7-18-12)13(3,4)5/h7-9H,6,14H2,1-5H3,(H,15,16,17)/t9-/m1/s1. The van der Waals surface area contributed by atoms with Gasteiger partial charge in [-0.25, -0.2) is 4.98 Å². The first-order valence-corrected chi connectivity index (χ1v) is 7.10. The molecule has 0 unspecified atom stereocenters. The van der Waals surface area contributed by atoms with Gasteiger partial charge in [-0.1, -0.05) is 34.6 Å². The third kappa shape index (κ3) is 4.38. The van der Waals surface area contributed by atoms with Crippen molar-refractivity contribution in [2.24, 2.45) is 11.7 Å². The molecule has 0 aliphatic heterocycles. The maximum Gasteiger partial charge on any atom is 0.243 e. The van der Waals surface area contributed by atoms with Crippen LogP contribution in [-0.2, 0) is 10.2 Å². The molecule has 1 heterocycles. The molecular weight excluding hydrogens is 246 g/mol. The third-order valence-electron chi connectivity index (χ3n) is 2.56. The summed E-state index contributed by atoms with van der Waals surface area (Å²) in [4.78, 5) is 16.3. The molecule has 0 aromatic carbocycles. The van der Waals surface area contributed by atoms with E-state index in [9.17, 15) is 4.79 Å². The summed E-state index contributed by atoms with van der Waals surface area (Å²) in [6.45, 7) is 10.4. The van der Waals surface area contributed by atoms with Crippen LogP contribution in [0.25, 0.3) is 0 Å². The van der Waals surface area contributed by atoms with Crippen LogP contribution in [0.3, 0.4) is 0 Å². The molecule has 0 fully saturated rings. The zero-order valence-electron chi connectivity index (χ0n) is 11.8. The minimum absolute atomic E-state index is 0.000470. The average molecular weight is 269 g/mol. The first-order chi connectivity index (χ1) is 8.20. The van der Waals surface area contributed by atoms with Gasteiger partial charge < -0.3 is 11.1 Å². The number of carbonyl (C=O) groups is 1. The molecule has 5 heteroatoms. The Morgan fingerprint density at radius 2 is 2.11 bits per heavy atom. The number of nitrogens with one attached hydrogen (secondary N) is 1. The summed E-state index contributed by atoms with van der Waals surface area (Å²) in [5, 5.41) is 5.39. The third-order valence-corrected chi connectivity index (χ3v) is 3.32. The van der Waals surface area contributed by atoms with Crippen LogP contribution < -0.4 is 11.1 Å². The lowest BCUT2D eigenvalue weighted by molar-refractivity contribution is -0.117. The Morgan fingerprint density at radius 1 is 1.50 bits per heavy atom. The molecule has 1 aromatic rings. The molecule has 18 heavy (non-hydrogen) atoms. The highest BCUT2D eigenvalue weighted by molar-refractivity contribution is 7.13. The summed E-state index contributed by atoms with van der Waals surface area (Å²) >= 11 is 1.44. The van der Waals surface area contributed by atoms with Gasteiger partial charge in [-0.2, -0.15) is 0 Å². The summed E-state index contributed by atoms with van der Waals surface area (Å²) in [7, 11) is 0. The molecule has 0 saturated heterocycles. The normalized spacial score (nSPS) is 13.7. The van der Waals surface area contributed by atoms with Crippen LogP contribution in [0.1, 0.15) is 46.7 Å². The number of nitrogens with zero attached hydrogens (tertiary/aromatic N) is 1. The van der Waals surface area contributed by atoms with Gasteiger partial charge in [0, 0.05) is 10.8 Å². The monoisotopic (exact) mass is 269 g/mol. The second-order valence-corrected chi connectivity index (χ2v) is 6.87. The van der Waals surface area contributed by atoms with Gasteiger partial charge in [-0.05, 0) is 12.3 Å². The molecule has 4 nitrogen and oxygen atoms in total. The lowest BCUT2D eigenvalue weighted by Crippen LogP contribution is -2.36. The number of amides is 1. The van der Waals surface area contributed by atoms with E-state index in [4.69, 9.17) is 5.73 Å². The quantitative estimate of drug-likeness (QED) is 0.883. The molecule has 0 spiro atoms. The SMILES string of the molecule is CC(C)C[C@@H](N)C(=O)Nc1nc(C(C)(C)C)cs1. The molecule has 3 N–H and O–H groups in total. The van der Waals surface area contributed by atoms with Gasteiger partial charge in [0.2, 0.25) is 5.91 Å². The molecule has 0 bridgehead atoms. The number of nitrogens with two attached hydrogens (primary N) is 1. The van der Waals surface area contributed by atoms with Gasteiger partial charge in [0.1, 0.15) is 0 Å². The van der Waals surface area contributed by atoms with E-state index >= 15 is 0 Å². The highest BCUT2D eigenvalue weighted by Gasteiger charge is 2.20. The molecule has 0 aliphatic carbocycles. The Bertz CT molecular complexity index is 407. The summed E-state index contributed by atoms with van der Waals surface area (Å²) in [6, 6.07) is -0.466. The van der Waals surface area contributed by atoms with Gasteiger partial charge >= 0.3 is 0 Å². The molecule has 0 saturated carbocycles. The zero-order valence-corrected chi connectivity index (χ0v) is 12.6. The molecule has 1 aromatic heterocycles. The second-order valence-electron chi connectivity index (χ2n) is 6.01. The molecule has 1 rings (SSSR count). The Balaban J connectivity index is 2.63. The predicted octanol–water partition coefficient (Wildman–Crippen LogP) is 2.75. The maximum atomic E-state index is 11.8. The van der Waals surface area contributed by atoms with E-state index in [0.717, 1.165) is 5.69 Å². The molecule has 0 aliphatic rings. The average Bonchev–Trinajstić information content (AvgIpc) is 2.64. The number of aromatic nitrogens is 1. The molecule has 102 valence electrons. The van der Waals surface area contributed by atoms with E-state index in [1.165, 1.54) is 11.3 Å². The fourth-order valence-electron chi connectivity index (χ4n) is 1.49. The fraction of sp³-hybridized carbons (Fsp3) is 0.692. The van der Waals surface area contributed by atoms with Crippen molar-refractivity contribution >= 4 is 22.4 Å². The van der Waals surface area contributed by atoms with Crippen LogP contribution in [0, 0.1) is 5.92 Å². The van der Waals surface area contributed by atoms with Crippen molar-refractivity contribution in [3.8, 4) is 0 Å². The lowest BCUT2D eigenvalue weighted by atomic mass is 9.93. The van der Waals surface area contributed by atoms with Crippen LogP contribution in [-0.4, -0.2) is 16.9 Å². The highest BCUT2D eigenvalue weighted by atomic mass is 32.1. The number of hydrogen-bond acceptors (Lipinski definition) is 4. The lowest BCUT2D eigenvalue weighted by Gasteiger charge is -2.15. The van der Waals surface area contributed by atoms with Crippen LogP contribution in [0.15, 0.2) is 5.38 Å². The Labute approximate surface area is 113 Å². The maximum absolute atomic E-state index is 11.8. The van der Waals surface area contributed by atoms with E-state index in [1.54, 1.807) is 0 Å². The van der Waals surface area contributed by atoms with Gasteiger partial charge in [0.15, 0.2) is 5.13 Å². The number of rotatable bonds is 4. The van der Waals surface area contributed by atoms with Crippen LogP contribution >= 0.6 is 11.3 Å². The first-order valence-electron chi connectivity index (χ1n) is 6.22. The van der Waals surface area contributed by atoms with Gasteiger partial charge in [0.05, 0.1) is 11.7 Å². The van der Waals surface area contributed by atoms with Gasteiger partial charge in [-0.15, -0.1) is 11.3 Å². The smallest absolute Gasteiger partial charge is 0.243 e. The minimum Gasteiger partial charge on any atom is -0.320 e. The van der Waals surface area contributed by atoms with Crippen LogP contribution in [0.5, 0.6) is 0 Å². The van der Waals surface area contributed by atoms with Crippen molar-refractivity contribution in [1.82, 2.24) is 4.98 Å². The van der Waals surface area contributed by atoms with E-state index in [2.05, 4.69) is 31.1 Å². The van der Waals surface area contributed by atoms with Crippen molar-refractivity contribution in [3.05, 3.63) is 11.1 Å². The van der Waals surface area contributed by atoms with E-state index < -0.39 is 6.04 Å². The first kappa shape index (κ1) is 15.1. The fourth-order valence-corrected chi connectivity index (χ4v) is 2.43. The number of thiazole rings is 1. The summed E-state index contributed by atoms with van der Waals surface area (Å²) < 4.78 is 0. The molecule has 1 atom stereocenters. The number of hydrogen-bond donors (Lipinski definition) is 2. The number of carbonyl (C=O) groups excluding carboxylic acids is 1. The van der Waals surface area contributed by atoms with Crippen molar-refractivity contribution in [1.29, 1.82) is 0 Å². The second kappa shape index (κ2) is 5.80. The predicted molar refractivity (Wildman–Crippen MR) is 76.9 cm³/mol. The van der Waals surface area contributed by atoms with E-state index in [1.807, 2.05) is 19.2 Å². The van der Waals surface area contributed by atoms with Gasteiger partial charge in [0.25, 0.3) is 0 Å². The number of anilines is 1. The van der Waals surface area contributed by atoms with Crippen LogP contribution in [0.2, 0.25) is 0 Å². The van der Waals surface area contributed by atoms with E-state index in [0.29, 0.717) is 17.5 Å². The van der Waals surface area contributed by atoms with Crippen molar-refractivity contribution < 1.29 is 4.79 Å². The molecular formula is C13H23N3OS.